The van der Waals surface area contributed by atoms with Crippen molar-refractivity contribution in [3.8, 4) is 11.5 Å². The second kappa shape index (κ2) is 14.4. The van der Waals surface area contributed by atoms with Gasteiger partial charge in [0, 0.05) is 19.5 Å². The van der Waals surface area contributed by atoms with Crippen LogP contribution in [-0.2, 0) is 32.6 Å². The SMILES string of the molecule is CCCNC(=O)[C@@H](Cc1ccccc1)N(Cc1cccc(OC)c1)C(=O)CN(c1ccccc1OC)S(C)(=O)=O. The first-order chi connectivity index (χ1) is 19.2. The molecule has 0 spiro atoms. The van der Waals surface area contributed by atoms with E-state index in [1.54, 1.807) is 49.6 Å². The number of carbonyl (C=O) groups excluding carboxylic acids is 2. The highest BCUT2D eigenvalue weighted by Gasteiger charge is 2.33. The Labute approximate surface area is 236 Å². The van der Waals surface area contributed by atoms with Gasteiger partial charge in [-0.05, 0) is 41.8 Å². The van der Waals surface area contributed by atoms with E-state index in [9.17, 15) is 18.0 Å². The van der Waals surface area contributed by atoms with E-state index in [0.717, 1.165) is 28.1 Å². The molecule has 3 aromatic carbocycles. The molecule has 0 aliphatic carbocycles. The first-order valence-corrected chi connectivity index (χ1v) is 14.9. The van der Waals surface area contributed by atoms with Crippen molar-refractivity contribution in [3.05, 3.63) is 90.0 Å². The first kappa shape index (κ1) is 30.5. The van der Waals surface area contributed by atoms with E-state index < -0.39 is 28.5 Å². The Morgan fingerprint density at radius 3 is 2.23 bits per heavy atom. The van der Waals surface area contributed by atoms with Crippen LogP contribution < -0.4 is 19.1 Å². The molecule has 10 heteroatoms. The zero-order chi connectivity index (χ0) is 29.1. The maximum atomic E-state index is 14.1. The Morgan fingerprint density at radius 2 is 1.57 bits per heavy atom. The predicted molar refractivity (Wildman–Crippen MR) is 156 cm³/mol. The minimum absolute atomic E-state index is 0.0661. The summed E-state index contributed by atoms with van der Waals surface area (Å²) in [5.74, 6) is 0.0604. The zero-order valence-corrected chi connectivity index (χ0v) is 24.2. The van der Waals surface area contributed by atoms with Gasteiger partial charge in [0.1, 0.15) is 24.1 Å². The van der Waals surface area contributed by atoms with Gasteiger partial charge >= 0.3 is 0 Å². The Kier molecular flexibility index (Phi) is 11.0. The summed E-state index contributed by atoms with van der Waals surface area (Å²) in [5, 5.41) is 2.92. The molecule has 0 saturated carbocycles. The van der Waals surface area contributed by atoms with Crippen molar-refractivity contribution >= 4 is 27.5 Å². The third-order valence-corrected chi connectivity index (χ3v) is 7.47. The number of rotatable bonds is 14. The highest BCUT2D eigenvalue weighted by Crippen LogP contribution is 2.30. The highest BCUT2D eigenvalue weighted by molar-refractivity contribution is 7.92. The van der Waals surface area contributed by atoms with Crippen molar-refractivity contribution in [1.82, 2.24) is 10.2 Å². The molecule has 3 aromatic rings. The quantitative estimate of drug-likeness (QED) is 0.319. The second-order valence-electron chi connectivity index (χ2n) is 9.31. The molecule has 0 aliphatic heterocycles. The van der Waals surface area contributed by atoms with Gasteiger partial charge in [0.25, 0.3) is 0 Å². The van der Waals surface area contributed by atoms with E-state index in [4.69, 9.17) is 9.47 Å². The van der Waals surface area contributed by atoms with Crippen LogP contribution in [0.2, 0.25) is 0 Å². The fraction of sp³-hybridized carbons (Fsp3) is 0.333. The van der Waals surface area contributed by atoms with Crippen LogP contribution in [0.5, 0.6) is 11.5 Å². The van der Waals surface area contributed by atoms with E-state index in [-0.39, 0.29) is 24.6 Å². The van der Waals surface area contributed by atoms with Crippen molar-refractivity contribution in [1.29, 1.82) is 0 Å². The maximum absolute atomic E-state index is 14.1. The third kappa shape index (κ3) is 8.22. The average Bonchev–Trinajstić information content (AvgIpc) is 2.96. The van der Waals surface area contributed by atoms with Gasteiger partial charge in [0.05, 0.1) is 26.2 Å². The number of ether oxygens (including phenoxy) is 2. The summed E-state index contributed by atoms with van der Waals surface area (Å²) < 4.78 is 37.6. The molecule has 0 heterocycles. The monoisotopic (exact) mass is 567 g/mol. The molecule has 40 heavy (non-hydrogen) atoms. The second-order valence-corrected chi connectivity index (χ2v) is 11.2. The number of anilines is 1. The van der Waals surface area contributed by atoms with E-state index in [1.807, 2.05) is 43.3 Å². The van der Waals surface area contributed by atoms with Crippen molar-refractivity contribution in [2.45, 2.75) is 32.4 Å². The van der Waals surface area contributed by atoms with Gasteiger partial charge in [-0.2, -0.15) is 0 Å². The number of benzene rings is 3. The lowest BCUT2D eigenvalue weighted by atomic mass is 10.0. The Bertz CT molecular complexity index is 1380. The van der Waals surface area contributed by atoms with Crippen LogP contribution >= 0.6 is 0 Å². The summed E-state index contributed by atoms with van der Waals surface area (Å²) >= 11 is 0. The van der Waals surface area contributed by atoms with Crippen LogP contribution in [0, 0.1) is 0 Å². The fourth-order valence-corrected chi connectivity index (χ4v) is 5.17. The summed E-state index contributed by atoms with van der Waals surface area (Å²) in [7, 11) is -0.910. The fourth-order valence-electron chi connectivity index (χ4n) is 4.32. The molecule has 3 rings (SSSR count). The molecule has 0 aliphatic rings. The van der Waals surface area contributed by atoms with Gasteiger partial charge in [0.2, 0.25) is 21.8 Å². The number of amides is 2. The van der Waals surface area contributed by atoms with Crippen molar-refractivity contribution in [2.75, 3.05) is 37.9 Å². The number of carbonyl (C=O) groups is 2. The Morgan fingerprint density at radius 1 is 0.900 bits per heavy atom. The van der Waals surface area contributed by atoms with Gasteiger partial charge in [-0.3, -0.25) is 13.9 Å². The molecular formula is C30H37N3O6S. The molecule has 0 fully saturated rings. The normalized spacial score (nSPS) is 11.8. The molecule has 0 unspecified atom stereocenters. The molecule has 0 bridgehead atoms. The topological polar surface area (TPSA) is 105 Å². The predicted octanol–water partition coefficient (Wildman–Crippen LogP) is 3.64. The van der Waals surface area contributed by atoms with Crippen molar-refractivity contribution < 1.29 is 27.5 Å². The van der Waals surface area contributed by atoms with Gasteiger partial charge < -0.3 is 19.7 Å². The van der Waals surface area contributed by atoms with E-state index in [2.05, 4.69) is 5.32 Å². The zero-order valence-electron chi connectivity index (χ0n) is 23.4. The molecule has 9 nitrogen and oxygen atoms in total. The minimum Gasteiger partial charge on any atom is -0.497 e. The molecule has 0 aromatic heterocycles. The highest BCUT2D eigenvalue weighted by atomic mass is 32.2. The van der Waals surface area contributed by atoms with Gasteiger partial charge in [-0.1, -0.05) is 61.5 Å². The number of sulfonamides is 1. The number of nitrogens with one attached hydrogen (secondary N) is 1. The smallest absolute Gasteiger partial charge is 0.244 e. The van der Waals surface area contributed by atoms with E-state index in [1.165, 1.54) is 12.0 Å². The van der Waals surface area contributed by atoms with Crippen LogP contribution in [0.1, 0.15) is 24.5 Å². The molecule has 0 radical (unpaired) electrons. The molecule has 1 atom stereocenters. The number of para-hydroxylation sites is 2. The van der Waals surface area contributed by atoms with Crippen molar-refractivity contribution in [2.24, 2.45) is 0 Å². The molecule has 2 amide bonds. The number of methoxy groups -OCH3 is 2. The largest absolute Gasteiger partial charge is 0.497 e. The van der Waals surface area contributed by atoms with E-state index in [0.29, 0.717) is 18.0 Å². The summed E-state index contributed by atoms with van der Waals surface area (Å²) in [6.45, 7) is 1.94. The van der Waals surface area contributed by atoms with Crippen molar-refractivity contribution in [3.63, 3.8) is 0 Å². The van der Waals surface area contributed by atoms with Gasteiger partial charge in [-0.25, -0.2) is 8.42 Å². The van der Waals surface area contributed by atoms with Gasteiger partial charge in [-0.15, -0.1) is 0 Å². The number of hydrogen-bond donors (Lipinski definition) is 1. The van der Waals surface area contributed by atoms with Crippen LogP contribution in [0.3, 0.4) is 0 Å². The molecular weight excluding hydrogens is 530 g/mol. The third-order valence-electron chi connectivity index (χ3n) is 6.34. The van der Waals surface area contributed by atoms with Crippen LogP contribution in [0.15, 0.2) is 78.9 Å². The summed E-state index contributed by atoms with van der Waals surface area (Å²) in [4.78, 5) is 29.1. The molecule has 214 valence electrons. The maximum Gasteiger partial charge on any atom is 0.244 e. The summed E-state index contributed by atoms with van der Waals surface area (Å²) in [6, 6.07) is 22.3. The average molecular weight is 568 g/mol. The Hall–Kier alpha value is -4.05. The summed E-state index contributed by atoms with van der Waals surface area (Å²) in [5.41, 5.74) is 1.83. The van der Waals surface area contributed by atoms with E-state index >= 15 is 0 Å². The Balaban J connectivity index is 2.07. The standard InChI is InChI=1S/C30H37N3O6S/c1-5-18-31-30(35)27(20-23-12-7-6-8-13-23)32(21-24-14-11-15-25(19-24)38-2)29(34)22-33(40(4,36)37)26-16-9-10-17-28(26)39-3/h6-17,19,27H,5,18,20-22H2,1-4H3,(H,31,35)/t27-/m1/s1. The number of hydrogen-bond acceptors (Lipinski definition) is 6. The van der Waals surface area contributed by atoms with Gasteiger partial charge in [0.15, 0.2) is 0 Å². The first-order valence-electron chi connectivity index (χ1n) is 13.0. The lowest BCUT2D eigenvalue weighted by molar-refractivity contribution is -0.140. The molecule has 0 saturated heterocycles. The molecule has 1 N–H and O–H groups in total. The minimum atomic E-state index is -3.90. The lowest BCUT2D eigenvalue weighted by Gasteiger charge is -2.33. The number of nitrogens with zero attached hydrogens (tertiary/aromatic N) is 2. The van der Waals surface area contributed by atoms with Crippen LogP contribution in [0.4, 0.5) is 5.69 Å². The van der Waals surface area contributed by atoms with Crippen LogP contribution in [-0.4, -0.2) is 64.7 Å². The lowest BCUT2D eigenvalue weighted by Crippen LogP contribution is -2.53. The summed E-state index contributed by atoms with van der Waals surface area (Å²) in [6.07, 6.45) is 2.01. The van der Waals surface area contributed by atoms with Crippen LogP contribution in [0.25, 0.3) is 0 Å².